The first-order valence-electron chi connectivity index (χ1n) is 8.50. The third-order valence-electron chi connectivity index (χ3n) is 3.50. The van der Waals surface area contributed by atoms with Gasteiger partial charge in [-0.1, -0.05) is 17.8 Å². The summed E-state index contributed by atoms with van der Waals surface area (Å²) in [6, 6.07) is 1.29. The lowest BCUT2D eigenvalue weighted by molar-refractivity contribution is -0.119. The number of rotatable bonds is 6. The van der Waals surface area contributed by atoms with E-state index in [1.165, 1.54) is 11.8 Å². The van der Waals surface area contributed by atoms with Gasteiger partial charge in [0.2, 0.25) is 5.91 Å². The molecule has 8 nitrogen and oxygen atoms in total. The number of nitrogens with one attached hydrogen (secondary N) is 2. The number of hydrogen-bond donors (Lipinski definition) is 2. The molecule has 0 aromatic carbocycles. The molecule has 0 aliphatic carbocycles. The molecule has 0 saturated heterocycles. The Morgan fingerprint density at radius 2 is 2.11 bits per heavy atom. The number of hydrogen-bond acceptors (Lipinski definition) is 6. The van der Waals surface area contributed by atoms with Crippen molar-refractivity contribution in [1.29, 1.82) is 0 Å². The van der Waals surface area contributed by atoms with Gasteiger partial charge in [0.15, 0.2) is 11.0 Å². The van der Waals surface area contributed by atoms with Gasteiger partial charge in [-0.05, 0) is 40.7 Å². The van der Waals surface area contributed by atoms with E-state index in [0.717, 1.165) is 11.3 Å². The quantitative estimate of drug-likeness (QED) is 0.579. The summed E-state index contributed by atoms with van der Waals surface area (Å²) in [5.74, 6) is 0.964. The number of carbonyl (C=O) groups is 2. The highest BCUT2D eigenvalue weighted by Crippen LogP contribution is 2.29. The summed E-state index contributed by atoms with van der Waals surface area (Å²) in [5, 5.41) is 13.5. The second-order valence-electron chi connectivity index (χ2n) is 7.05. The van der Waals surface area contributed by atoms with Gasteiger partial charge in [-0.15, -0.1) is 16.8 Å². The second-order valence-corrected chi connectivity index (χ2v) is 8.36. The molecule has 2 N–H and O–H groups in total. The van der Waals surface area contributed by atoms with Crippen LogP contribution in [0.25, 0.3) is 11.4 Å². The van der Waals surface area contributed by atoms with Gasteiger partial charge in [-0.2, -0.15) is 0 Å². The number of furan rings is 1. The van der Waals surface area contributed by atoms with Gasteiger partial charge in [0.1, 0.15) is 5.76 Å². The van der Waals surface area contributed by atoms with Crippen LogP contribution < -0.4 is 10.6 Å². The van der Waals surface area contributed by atoms with E-state index in [9.17, 15) is 9.59 Å². The molecule has 2 aromatic heterocycles. The van der Waals surface area contributed by atoms with Crippen molar-refractivity contribution in [1.82, 2.24) is 25.4 Å². The number of amides is 3. The van der Waals surface area contributed by atoms with E-state index in [1.807, 2.05) is 38.3 Å². The topological polar surface area (TPSA) is 102 Å². The van der Waals surface area contributed by atoms with Crippen LogP contribution in [-0.4, -0.2) is 37.5 Å². The summed E-state index contributed by atoms with van der Waals surface area (Å²) < 4.78 is 7.20. The lowest BCUT2D eigenvalue weighted by Crippen LogP contribution is -2.49. The normalized spacial score (nSPS) is 12.5. The average Bonchev–Trinajstić information content (AvgIpc) is 3.12. The van der Waals surface area contributed by atoms with E-state index < -0.39 is 22.7 Å². The molecular weight excluding hydrogens is 366 g/mol. The zero-order valence-corrected chi connectivity index (χ0v) is 17.0. The number of aryl methyl sites for hydroxylation is 1. The highest BCUT2D eigenvalue weighted by atomic mass is 32.2. The monoisotopic (exact) mass is 391 g/mol. The van der Waals surface area contributed by atoms with Crippen LogP contribution in [0.4, 0.5) is 4.79 Å². The molecule has 2 aromatic rings. The summed E-state index contributed by atoms with van der Waals surface area (Å²) in [4.78, 5) is 24.2. The van der Waals surface area contributed by atoms with Gasteiger partial charge in [0.05, 0.1) is 17.1 Å². The highest BCUT2D eigenvalue weighted by molar-refractivity contribution is 8.00. The van der Waals surface area contributed by atoms with E-state index >= 15 is 0 Å². The number of aromatic nitrogens is 3. The minimum absolute atomic E-state index is 0.407. The van der Waals surface area contributed by atoms with E-state index in [1.54, 1.807) is 19.3 Å². The molecule has 0 aliphatic rings. The van der Waals surface area contributed by atoms with E-state index in [0.29, 0.717) is 17.5 Å². The summed E-state index contributed by atoms with van der Waals surface area (Å²) in [5.41, 5.74) is 0.403. The molecule has 0 fully saturated rings. The SMILES string of the molecule is C=CCn1c(S[C@H](C)C(=O)NC(=O)NC(C)(C)C)nnc1-c1ccoc1C. The minimum Gasteiger partial charge on any atom is -0.469 e. The fourth-order valence-electron chi connectivity index (χ4n) is 2.28. The molecule has 0 bridgehead atoms. The Bertz CT molecular complexity index is 834. The van der Waals surface area contributed by atoms with Crippen LogP contribution in [0.3, 0.4) is 0 Å². The van der Waals surface area contributed by atoms with Crippen LogP contribution in [0.15, 0.2) is 34.6 Å². The largest absolute Gasteiger partial charge is 0.469 e. The number of nitrogens with zero attached hydrogens (tertiary/aromatic N) is 3. The first-order chi connectivity index (χ1) is 12.6. The standard InChI is InChI=1S/C18H25N5O3S/c1-7-9-23-14(13-8-10-26-11(13)2)21-22-17(23)27-12(3)15(24)19-16(25)20-18(4,5)6/h7-8,10,12H,1,9H2,2-6H3,(H2,19,20,24,25)/t12-/m1/s1. The van der Waals surface area contributed by atoms with E-state index in [4.69, 9.17) is 4.42 Å². The summed E-state index contributed by atoms with van der Waals surface area (Å²) in [7, 11) is 0. The zero-order valence-electron chi connectivity index (χ0n) is 16.2. The lowest BCUT2D eigenvalue weighted by atomic mass is 10.1. The van der Waals surface area contributed by atoms with Crippen molar-refractivity contribution < 1.29 is 14.0 Å². The number of imide groups is 1. The molecule has 3 amide bonds. The maximum absolute atomic E-state index is 12.3. The molecule has 27 heavy (non-hydrogen) atoms. The summed E-state index contributed by atoms with van der Waals surface area (Å²) in [6.07, 6.45) is 3.32. The Morgan fingerprint density at radius 3 is 2.67 bits per heavy atom. The number of allylic oxidation sites excluding steroid dienone is 1. The van der Waals surface area contributed by atoms with Crippen LogP contribution >= 0.6 is 11.8 Å². The van der Waals surface area contributed by atoms with Gasteiger partial charge >= 0.3 is 6.03 Å². The molecule has 0 spiro atoms. The Labute approximate surface area is 162 Å². The Balaban J connectivity index is 2.13. The Morgan fingerprint density at radius 1 is 1.41 bits per heavy atom. The number of carbonyl (C=O) groups excluding carboxylic acids is 2. The Kier molecular flexibility index (Phi) is 6.48. The van der Waals surface area contributed by atoms with Gasteiger partial charge in [-0.25, -0.2) is 4.79 Å². The summed E-state index contributed by atoms with van der Waals surface area (Å²) in [6.45, 7) is 13.3. The second kappa shape index (κ2) is 8.43. The molecule has 146 valence electrons. The molecule has 2 heterocycles. The van der Waals surface area contributed by atoms with E-state index in [-0.39, 0.29) is 0 Å². The molecular formula is C18H25N5O3S. The zero-order chi connectivity index (χ0) is 20.2. The van der Waals surface area contributed by atoms with Crippen molar-refractivity contribution in [2.75, 3.05) is 0 Å². The Hall–Kier alpha value is -2.55. The van der Waals surface area contributed by atoms with Gasteiger partial charge in [0.25, 0.3) is 0 Å². The van der Waals surface area contributed by atoms with Crippen molar-refractivity contribution in [2.45, 2.75) is 57.1 Å². The van der Waals surface area contributed by atoms with Crippen LogP contribution in [0.2, 0.25) is 0 Å². The number of thioether (sulfide) groups is 1. The van der Waals surface area contributed by atoms with Crippen LogP contribution in [0.5, 0.6) is 0 Å². The molecule has 2 rings (SSSR count). The van der Waals surface area contributed by atoms with Crippen molar-refractivity contribution in [3.63, 3.8) is 0 Å². The highest BCUT2D eigenvalue weighted by Gasteiger charge is 2.24. The van der Waals surface area contributed by atoms with Crippen molar-refractivity contribution >= 4 is 23.7 Å². The molecule has 0 saturated carbocycles. The molecule has 0 unspecified atom stereocenters. The fraction of sp³-hybridized carbons (Fsp3) is 0.444. The maximum atomic E-state index is 12.3. The van der Waals surface area contributed by atoms with Crippen molar-refractivity contribution in [2.24, 2.45) is 0 Å². The molecule has 0 radical (unpaired) electrons. The first kappa shape index (κ1) is 20.8. The van der Waals surface area contributed by atoms with Gasteiger partial charge in [-0.3, -0.25) is 14.7 Å². The maximum Gasteiger partial charge on any atom is 0.321 e. The average molecular weight is 391 g/mol. The van der Waals surface area contributed by atoms with Crippen LogP contribution in [0, 0.1) is 6.92 Å². The third-order valence-corrected chi connectivity index (χ3v) is 4.59. The van der Waals surface area contributed by atoms with E-state index in [2.05, 4.69) is 27.4 Å². The van der Waals surface area contributed by atoms with Crippen molar-refractivity contribution in [3.8, 4) is 11.4 Å². The van der Waals surface area contributed by atoms with Crippen LogP contribution in [-0.2, 0) is 11.3 Å². The van der Waals surface area contributed by atoms with Crippen molar-refractivity contribution in [3.05, 3.63) is 30.7 Å². The lowest BCUT2D eigenvalue weighted by Gasteiger charge is -2.21. The third kappa shape index (κ3) is 5.46. The number of urea groups is 1. The molecule has 9 heteroatoms. The first-order valence-corrected chi connectivity index (χ1v) is 9.38. The molecule has 0 aliphatic heterocycles. The predicted molar refractivity (Wildman–Crippen MR) is 104 cm³/mol. The minimum atomic E-state index is -0.540. The molecule has 1 atom stereocenters. The fourth-order valence-corrected chi connectivity index (χ4v) is 3.14. The van der Waals surface area contributed by atoms with Gasteiger partial charge < -0.3 is 9.73 Å². The smallest absolute Gasteiger partial charge is 0.321 e. The van der Waals surface area contributed by atoms with Crippen LogP contribution in [0.1, 0.15) is 33.5 Å². The van der Waals surface area contributed by atoms with Gasteiger partial charge in [0, 0.05) is 12.1 Å². The predicted octanol–water partition coefficient (Wildman–Crippen LogP) is 3.14. The summed E-state index contributed by atoms with van der Waals surface area (Å²) >= 11 is 1.22.